The van der Waals surface area contributed by atoms with E-state index in [4.69, 9.17) is 16.6 Å². The van der Waals surface area contributed by atoms with Crippen molar-refractivity contribution in [3.63, 3.8) is 0 Å². The highest BCUT2D eigenvalue weighted by molar-refractivity contribution is 5.86. The summed E-state index contributed by atoms with van der Waals surface area (Å²) in [6.07, 6.45) is 11.8. The maximum Gasteiger partial charge on any atom is 0.324 e. The summed E-state index contributed by atoms with van der Waals surface area (Å²) >= 11 is 0. The molecule has 0 saturated heterocycles. The van der Waals surface area contributed by atoms with Crippen LogP contribution in [0.4, 0.5) is 0 Å². The molecule has 0 bridgehead atoms. The fraction of sp³-hybridized carbons (Fsp3) is 0.875. The van der Waals surface area contributed by atoms with E-state index in [0.29, 0.717) is 6.42 Å². The molecular formula is C16H32N2O3. The van der Waals surface area contributed by atoms with E-state index in [0.717, 1.165) is 19.3 Å². The smallest absolute Gasteiger partial charge is 0.324 e. The Morgan fingerprint density at radius 1 is 0.905 bits per heavy atom. The van der Waals surface area contributed by atoms with Gasteiger partial charge in [0, 0.05) is 0 Å². The van der Waals surface area contributed by atoms with E-state index >= 15 is 0 Å². The van der Waals surface area contributed by atoms with Crippen molar-refractivity contribution in [1.29, 1.82) is 0 Å². The molecule has 0 radical (unpaired) electrons. The van der Waals surface area contributed by atoms with Crippen LogP contribution in [0.15, 0.2) is 0 Å². The maximum atomic E-state index is 11.1. The van der Waals surface area contributed by atoms with Crippen LogP contribution in [0.2, 0.25) is 0 Å². The molecule has 5 nitrogen and oxygen atoms in total. The first-order valence-corrected chi connectivity index (χ1v) is 8.23. The number of unbranched alkanes of at least 4 members (excludes halogenated alkanes) is 9. The van der Waals surface area contributed by atoms with Crippen LogP contribution in [0.25, 0.3) is 0 Å². The summed E-state index contributed by atoms with van der Waals surface area (Å²) in [6.45, 7) is 2.22. The van der Waals surface area contributed by atoms with E-state index in [1.807, 2.05) is 0 Å². The maximum absolute atomic E-state index is 11.1. The molecule has 0 aromatic carbocycles. The molecule has 21 heavy (non-hydrogen) atoms. The lowest BCUT2D eigenvalue weighted by Crippen LogP contribution is -2.50. The van der Waals surface area contributed by atoms with Crippen LogP contribution in [-0.4, -0.2) is 22.5 Å². The zero-order chi connectivity index (χ0) is 16.1. The van der Waals surface area contributed by atoms with Gasteiger partial charge in [-0.1, -0.05) is 71.1 Å². The van der Waals surface area contributed by atoms with Gasteiger partial charge in [0.15, 0.2) is 0 Å². The minimum absolute atomic E-state index is 0.292. The van der Waals surface area contributed by atoms with Gasteiger partial charge in [0.25, 0.3) is 0 Å². The lowest BCUT2D eigenvalue weighted by molar-refractivity contribution is -0.145. The number of hydrogen-bond acceptors (Lipinski definition) is 3. The van der Waals surface area contributed by atoms with Gasteiger partial charge in [-0.2, -0.15) is 0 Å². The van der Waals surface area contributed by atoms with Crippen LogP contribution in [0.3, 0.4) is 0 Å². The third-order valence-electron chi connectivity index (χ3n) is 3.89. The van der Waals surface area contributed by atoms with Gasteiger partial charge in [0.05, 0.1) is 6.42 Å². The second-order valence-electron chi connectivity index (χ2n) is 6.04. The molecule has 5 N–H and O–H groups in total. The van der Waals surface area contributed by atoms with Crippen molar-refractivity contribution < 1.29 is 14.7 Å². The summed E-state index contributed by atoms with van der Waals surface area (Å²) in [5.41, 5.74) is 9.31. The number of aliphatic carboxylic acids is 1. The predicted octanol–water partition coefficient (Wildman–Crippen LogP) is 2.95. The van der Waals surface area contributed by atoms with Crippen molar-refractivity contribution in [1.82, 2.24) is 0 Å². The molecular weight excluding hydrogens is 268 g/mol. The Morgan fingerprint density at radius 3 is 1.71 bits per heavy atom. The quantitative estimate of drug-likeness (QED) is 0.429. The van der Waals surface area contributed by atoms with Gasteiger partial charge in [-0.05, 0) is 6.42 Å². The number of nitrogens with two attached hydrogens (primary N) is 2. The van der Waals surface area contributed by atoms with E-state index in [9.17, 15) is 9.59 Å². The lowest BCUT2D eigenvalue weighted by atomic mass is 9.89. The van der Waals surface area contributed by atoms with Crippen LogP contribution in [0.1, 0.15) is 84.0 Å². The van der Waals surface area contributed by atoms with E-state index in [1.165, 1.54) is 44.9 Å². The van der Waals surface area contributed by atoms with Crippen molar-refractivity contribution in [2.75, 3.05) is 0 Å². The Kier molecular flexibility index (Phi) is 10.9. The molecule has 0 aliphatic carbocycles. The molecule has 0 aromatic rings. The normalized spacial score (nSPS) is 13.8. The van der Waals surface area contributed by atoms with E-state index in [2.05, 4.69) is 6.92 Å². The third kappa shape index (κ3) is 10.3. The monoisotopic (exact) mass is 300 g/mol. The summed E-state index contributed by atoms with van der Waals surface area (Å²) in [4.78, 5) is 22.0. The summed E-state index contributed by atoms with van der Waals surface area (Å²) in [7, 11) is 0. The first-order chi connectivity index (χ1) is 9.92. The van der Waals surface area contributed by atoms with Gasteiger partial charge >= 0.3 is 5.97 Å². The van der Waals surface area contributed by atoms with Crippen LogP contribution >= 0.6 is 0 Å². The van der Waals surface area contributed by atoms with Gasteiger partial charge in [0.2, 0.25) is 5.91 Å². The van der Waals surface area contributed by atoms with Crippen LogP contribution in [0, 0.1) is 0 Å². The molecule has 0 aromatic heterocycles. The van der Waals surface area contributed by atoms with Crippen molar-refractivity contribution >= 4 is 11.9 Å². The highest BCUT2D eigenvalue weighted by Crippen LogP contribution is 2.18. The molecule has 0 fully saturated rings. The van der Waals surface area contributed by atoms with E-state index < -0.39 is 17.4 Å². The van der Waals surface area contributed by atoms with Crippen molar-refractivity contribution in [3.8, 4) is 0 Å². The summed E-state index contributed by atoms with van der Waals surface area (Å²) in [6, 6.07) is 0. The molecule has 1 amide bonds. The minimum Gasteiger partial charge on any atom is -0.480 e. The average molecular weight is 300 g/mol. The number of carboxylic acids is 1. The molecule has 0 aliphatic heterocycles. The van der Waals surface area contributed by atoms with Crippen molar-refractivity contribution in [3.05, 3.63) is 0 Å². The fourth-order valence-corrected chi connectivity index (χ4v) is 2.51. The topological polar surface area (TPSA) is 106 Å². The molecule has 0 rings (SSSR count). The molecule has 1 atom stereocenters. The van der Waals surface area contributed by atoms with Crippen LogP contribution in [-0.2, 0) is 9.59 Å². The lowest BCUT2D eigenvalue weighted by Gasteiger charge is -2.22. The highest BCUT2D eigenvalue weighted by atomic mass is 16.4. The number of amides is 1. The minimum atomic E-state index is -1.49. The Bertz CT molecular complexity index is 308. The number of primary amides is 1. The Hall–Kier alpha value is -1.10. The standard InChI is InChI=1S/C16H32N2O3/c1-2-3-4-5-6-7-8-9-10-11-12-16(18,15(20)21)13-14(17)19/h2-13,18H2,1H3,(H2,17,19)(H,20,21). The van der Waals surface area contributed by atoms with E-state index in [-0.39, 0.29) is 6.42 Å². The van der Waals surface area contributed by atoms with Gasteiger partial charge < -0.3 is 16.6 Å². The molecule has 0 spiro atoms. The second-order valence-corrected chi connectivity index (χ2v) is 6.04. The fourth-order valence-electron chi connectivity index (χ4n) is 2.51. The molecule has 0 heterocycles. The van der Waals surface area contributed by atoms with Gasteiger partial charge in [-0.25, -0.2) is 0 Å². The van der Waals surface area contributed by atoms with Gasteiger partial charge in [-0.3, -0.25) is 9.59 Å². The number of carboxylic acid groups (broad SMARTS) is 1. The highest BCUT2D eigenvalue weighted by Gasteiger charge is 2.34. The zero-order valence-electron chi connectivity index (χ0n) is 13.4. The Balaban J connectivity index is 3.64. The molecule has 0 aliphatic rings. The summed E-state index contributed by atoms with van der Waals surface area (Å²) in [5.74, 6) is -1.80. The average Bonchev–Trinajstić information content (AvgIpc) is 2.40. The zero-order valence-corrected chi connectivity index (χ0v) is 13.4. The van der Waals surface area contributed by atoms with Crippen LogP contribution < -0.4 is 11.5 Å². The predicted molar refractivity (Wildman–Crippen MR) is 84.8 cm³/mol. The Morgan fingerprint density at radius 2 is 1.33 bits per heavy atom. The number of hydrogen-bond donors (Lipinski definition) is 3. The van der Waals surface area contributed by atoms with Gasteiger partial charge in [0.1, 0.15) is 5.54 Å². The molecule has 124 valence electrons. The number of rotatable bonds is 14. The number of carbonyl (C=O) groups is 2. The van der Waals surface area contributed by atoms with Gasteiger partial charge in [-0.15, -0.1) is 0 Å². The van der Waals surface area contributed by atoms with Crippen LogP contribution in [0.5, 0.6) is 0 Å². The summed E-state index contributed by atoms with van der Waals surface area (Å²) < 4.78 is 0. The molecule has 0 saturated carbocycles. The summed E-state index contributed by atoms with van der Waals surface area (Å²) in [5, 5.41) is 9.09. The molecule has 5 heteroatoms. The molecule has 1 unspecified atom stereocenters. The van der Waals surface area contributed by atoms with E-state index in [1.54, 1.807) is 0 Å². The first-order valence-electron chi connectivity index (χ1n) is 8.23. The largest absolute Gasteiger partial charge is 0.480 e. The Labute approximate surface area is 128 Å². The third-order valence-corrected chi connectivity index (χ3v) is 3.89. The SMILES string of the molecule is CCCCCCCCCCCCC(N)(CC(N)=O)C(=O)O. The van der Waals surface area contributed by atoms with Crippen molar-refractivity contribution in [2.45, 2.75) is 89.5 Å². The number of carbonyl (C=O) groups excluding carboxylic acids is 1. The van der Waals surface area contributed by atoms with Crippen molar-refractivity contribution in [2.24, 2.45) is 11.5 Å². The second kappa shape index (κ2) is 11.5. The first kappa shape index (κ1) is 19.9.